The van der Waals surface area contributed by atoms with E-state index in [4.69, 9.17) is 14.3 Å². The van der Waals surface area contributed by atoms with Crippen LogP contribution in [0, 0.1) is 23.4 Å². The highest BCUT2D eigenvalue weighted by molar-refractivity contribution is 5.86. The van der Waals surface area contributed by atoms with Crippen molar-refractivity contribution >= 4 is 5.71 Å². The minimum Gasteiger partial charge on any atom is -0.394 e. The largest absolute Gasteiger partial charge is 0.394 e. The van der Waals surface area contributed by atoms with Crippen LogP contribution in [0.2, 0.25) is 0 Å². The molecular weight excluding hydrogens is 493 g/mol. The van der Waals surface area contributed by atoms with Crippen molar-refractivity contribution in [3.05, 3.63) is 35.8 Å². The van der Waals surface area contributed by atoms with E-state index in [0.29, 0.717) is 18.8 Å². The van der Waals surface area contributed by atoms with Gasteiger partial charge in [0, 0.05) is 25.5 Å². The van der Waals surface area contributed by atoms with Crippen molar-refractivity contribution < 1.29 is 37.7 Å². The fraction of sp³-hybridized carbons (Fsp3) is 0.640. The molecule has 1 aromatic carbocycles. The van der Waals surface area contributed by atoms with Gasteiger partial charge < -0.3 is 24.5 Å². The van der Waals surface area contributed by atoms with Gasteiger partial charge in [0.1, 0.15) is 36.2 Å². The molecule has 2 fully saturated rings. The molecule has 1 saturated heterocycles. The molecule has 12 heteroatoms. The first-order valence-electron chi connectivity index (χ1n) is 12.6. The summed E-state index contributed by atoms with van der Waals surface area (Å²) in [6, 6.07) is 0.803. The fourth-order valence-electron chi connectivity index (χ4n) is 5.75. The number of oxime groups is 1. The zero-order chi connectivity index (χ0) is 26.1. The second-order valence-electron chi connectivity index (χ2n) is 10.0. The van der Waals surface area contributed by atoms with Crippen LogP contribution in [0.25, 0.3) is 11.3 Å². The quantitative estimate of drug-likeness (QED) is 0.536. The molecule has 5 rings (SSSR count). The molecule has 6 atom stereocenters. The summed E-state index contributed by atoms with van der Waals surface area (Å²) < 4.78 is 54.0. The lowest BCUT2D eigenvalue weighted by Crippen LogP contribution is -2.57. The van der Waals surface area contributed by atoms with Gasteiger partial charge in [-0.25, -0.2) is 17.9 Å². The van der Waals surface area contributed by atoms with Crippen LogP contribution in [0.4, 0.5) is 13.2 Å². The van der Waals surface area contributed by atoms with Crippen LogP contribution >= 0.6 is 0 Å². The molecule has 0 unspecified atom stereocenters. The Labute approximate surface area is 212 Å². The van der Waals surface area contributed by atoms with Crippen molar-refractivity contribution in [2.75, 3.05) is 13.7 Å². The molecule has 0 amide bonds. The van der Waals surface area contributed by atoms with Gasteiger partial charge in [-0.1, -0.05) is 29.6 Å². The van der Waals surface area contributed by atoms with Crippen LogP contribution < -0.4 is 0 Å². The number of halogens is 3. The van der Waals surface area contributed by atoms with Crippen molar-refractivity contribution in [2.24, 2.45) is 11.1 Å². The number of rotatable bonds is 7. The Balaban J connectivity index is 1.35. The normalized spacial score (nSPS) is 30.8. The number of aliphatic hydroxyl groups is 2. The summed E-state index contributed by atoms with van der Waals surface area (Å²) in [6.45, 7) is -0.450. The first-order chi connectivity index (χ1) is 17.9. The third-order valence-corrected chi connectivity index (χ3v) is 7.70. The Hall–Kier alpha value is -2.54. The standard InChI is InChI=1S/C25H31F3N4O5/c1-35-25-20(10-15-9-19(37-30-15)13-5-3-2-4-6-13)36-21(12-33)24(34)23(25)32-11-18(29-31-32)14-7-16(26)22(28)17(27)8-14/h7-8,11,13,19-21,23-25,33-34H,2-6,9-10,12H2,1H3/t19-,20+,21+,23-,24-,25-/m0/s1. The summed E-state index contributed by atoms with van der Waals surface area (Å²) in [5.74, 6) is -3.79. The number of ether oxygens (including phenoxy) is 2. The minimum atomic E-state index is -1.58. The summed E-state index contributed by atoms with van der Waals surface area (Å²) in [6.07, 6.45) is 4.94. The molecule has 2 aliphatic heterocycles. The first kappa shape index (κ1) is 26.1. The van der Waals surface area contributed by atoms with Crippen LogP contribution in [0.5, 0.6) is 0 Å². The SMILES string of the molecule is CO[C@@H]1[C@@H](n2cc(-c3cc(F)c(F)c(F)c3)nn2)[C@@H](O)[C@@H](CO)O[C@@H]1CC1=NO[C@H](C2CCCCC2)C1. The molecule has 3 heterocycles. The Morgan fingerprint density at radius 2 is 1.84 bits per heavy atom. The van der Waals surface area contributed by atoms with Crippen molar-refractivity contribution in [1.82, 2.24) is 15.0 Å². The number of aliphatic hydroxyl groups excluding tert-OH is 2. The number of benzene rings is 1. The minimum absolute atomic E-state index is 0.0142. The van der Waals surface area contributed by atoms with Gasteiger partial charge in [-0.05, 0) is 30.9 Å². The van der Waals surface area contributed by atoms with E-state index in [2.05, 4.69) is 15.5 Å². The number of hydrogen-bond acceptors (Lipinski definition) is 8. The molecule has 37 heavy (non-hydrogen) atoms. The molecule has 1 aromatic heterocycles. The lowest BCUT2D eigenvalue weighted by atomic mass is 9.83. The van der Waals surface area contributed by atoms with Gasteiger partial charge in [-0.15, -0.1) is 5.10 Å². The molecule has 202 valence electrons. The molecule has 0 spiro atoms. The van der Waals surface area contributed by atoms with E-state index in [-0.39, 0.29) is 17.4 Å². The van der Waals surface area contributed by atoms with E-state index in [1.54, 1.807) is 0 Å². The lowest BCUT2D eigenvalue weighted by Gasteiger charge is -2.43. The van der Waals surface area contributed by atoms with E-state index >= 15 is 0 Å². The van der Waals surface area contributed by atoms with Gasteiger partial charge in [-0.2, -0.15) is 0 Å². The van der Waals surface area contributed by atoms with Gasteiger partial charge in [-0.3, -0.25) is 0 Å². The zero-order valence-electron chi connectivity index (χ0n) is 20.5. The summed E-state index contributed by atoms with van der Waals surface area (Å²) in [5.41, 5.74) is 0.887. The third-order valence-electron chi connectivity index (χ3n) is 7.70. The zero-order valence-corrected chi connectivity index (χ0v) is 20.5. The third kappa shape index (κ3) is 5.25. The maximum Gasteiger partial charge on any atom is 0.194 e. The van der Waals surface area contributed by atoms with Gasteiger partial charge in [0.05, 0.1) is 24.6 Å². The van der Waals surface area contributed by atoms with Crippen molar-refractivity contribution in [1.29, 1.82) is 0 Å². The molecule has 0 bridgehead atoms. The first-order valence-corrected chi connectivity index (χ1v) is 12.6. The highest BCUT2D eigenvalue weighted by Crippen LogP contribution is 2.37. The average molecular weight is 525 g/mol. The molecule has 3 aliphatic rings. The number of methoxy groups -OCH3 is 1. The highest BCUT2D eigenvalue weighted by Gasteiger charge is 2.48. The molecular formula is C25H31F3N4O5. The molecule has 2 N–H and O–H groups in total. The van der Waals surface area contributed by atoms with Crippen LogP contribution in [0.3, 0.4) is 0 Å². The van der Waals surface area contributed by atoms with E-state index in [0.717, 1.165) is 30.7 Å². The lowest BCUT2D eigenvalue weighted by molar-refractivity contribution is -0.210. The van der Waals surface area contributed by atoms with Gasteiger partial charge in [0.15, 0.2) is 17.5 Å². The van der Waals surface area contributed by atoms with Gasteiger partial charge in [0.25, 0.3) is 0 Å². The summed E-state index contributed by atoms with van der Waals surface area (Å²) in [7, 11) is 1.47. The Bertz CT molecular complexity index is 1100. The van der Waals surface area contributed by atoms with E-state index < -0.39 is 54.5 Å². The summed E-state index contributed by atoms with van der Waals surface area (Å²) in [5, 5.41) is 33.2. The second kappa shape index (κ2) is 11.1. The molecule has 9 nitrogen and oxygen atoms in total. The highest BCUT2D eigenvalue weighted by atomic mass is 19.2. The van der Waals surface area contributed by atoms with Crippen molar-refractivity contribution in [2.45, 2.75) is 81.5 Å². The average Bonchev–Trinajstić information content (AvgIpc) is 3.58. The predicted molar refractivity (Wildman–Crippen MR) is 125 cm³/mol. The molecule has 0 radical (unpaired) electrons. The number of aromatic nitrogens is 3. The van der Waals surface area contributed by atoms with Crippen molar-refractivity contribution in [3.8, 4) is 11.3 Å². The maximum atomic E-state index is 13.8. The number of nitrogens with zero attached hydrogens (tertiary/aromatic N) is 4. The van der Waals surface area contributed by atoms with Crippen LogP contribution in [-0.4, -0.2) is 75.2 Å². The molecule has 1 aliphatic carbocycles. The van der Waals surface area contributed by atoms with E-state index in [9.17, 15) is 23.4 Å². The topological polar surface area (TPSA) is 111 Å². The number of hydrogen-bond donors (Lipinski definition) is 2. The van der Waals surface area contributed by atoms with Crippen molar-refractivity contribution in [3.63, 3.8) is 0 Å². The summed E-state index contributed by atoms with van der Waals surface area (Å²) >= 11 is 0. The monoisotopic (exact) mass is 524 g/mol. The molecule has 1 saturated carbocycles. The Morgan fingerprint density at radius 1 is 1.11 bits per heavy atom. The predicted octanol–water partition coefficient (Wildman–Crippen LogP) is 3.15. The van der Waals surface area contributed by atoms with E-state index in [1.165, 1.54) is 37.3 Å². The van der Waals surface area contributed by atoms with Gasteiger partial charge >= 0.3 is 0 Å². The maximum absolute atomic E-state index is 13.8. The second-order valence-corrected chi connectivity index (χ2v) is 10.0. The smallest absolute Gasteiger partial charge is 0.194 e. The van der Waals surface area contributed by atoms with E-state index in [1.807, 2.05) is 0 Å². The Morgan fingerprint density at radius 3 is 2.51 bits per heavy atom. The van der Waals surface area contributed by atoms with Crippen LogP contribution in [-0.2, 0) is 14.3 Å². The van der Waals surface area contributed by atoms with Gasteiger partial charge in [0.2, 0.25) is 0 Å². The van der Waals surface area contributed by atoms with Crippen LogP contribution in [0.1, 0.15) is 51.0 Å². The molecule has 2 aromatic rings. The fourth-order valence-corrected chi connectivity index (χ4v) is 5.75. The summed E-state index contributed by atoms with van der Waals surface area (Å²) in [4.78, 5) is 5.76. The van der Waals surface area contributed by atoms with Crippen LogP contribution in [0.15, 0.2) is 23.5 Å². The Kier molecular flexibility index (Phi) is 7.80.